The number of fused-ring (bicyclic) bond motifs is 2. The summed E-state index contributed by atoms with van der Waals surface area (Å²) in [6.07, 6.45) is 9.93. The van der Waals surface area contributed by atoms with Gasteiger partial charge in [-0.15, -0.1) is 0 Å². The minimum Gasteiger partial charge on any atom is -0.482 e. The van der Waals surface area contributed by atoms with Gasteiger partial charge in [0, 0.05) is 0 Å². The molecule has 0 saturated heterocycles. The van der Waals surface area contributed by atoms with E-state index in [4.69, 9.17) is 9.47 Å². The first-order chi connectivity index (χ1) is 17.5. The fraction of sp³-hybridized carbons (Fsp3) is 0.774. The number of carbonyl (C=O) groups is 1. The van der Waals surface area contributed by atoms with Crippen molar-refractivity contribution in [2.24, 2.45) is 17.8 Å². The largest absolute Gasteiger partial charge is 0.482 e. The van der Waals surface area contributed by atoms with Crippen LogP contribution in [0.5, 0.6) is 5.75 Å². The van der Waals surface area contributed by atoms with Crippen LogP contribution in [0.2, 0.25) is 0 Å². The number of benzene rings is 1. The molecular formula is C31H54O5. The maximum absolute atomic E-state index is 11.9. The third kappa shape index (κ3) is 10.0. The average molecular weight is 507 g/mol. The second-order valence-electron chi connectivity index (χ2n) is 9.78. The number of aliphatic hydroxyl groups excluding tert-OH is 2. The number of esters is 1. The first-order valence-corrected chi connectivity index (χ1v) is 14.8. The second-order valence-corrected chi connectivity index (χ2v) is 9.78. The zero-order valence-electron chi connectivity index (χ0n) is 23.9. The number of aliphatic hydroxyl groups is 2. The molecule has 3 rings (SSSR count). The molecule has 2 aliphatic carbocycles. The lowest BCUT2D eigenvalue weighted by atomic mass is 9.73. The number of hydrogen-bond acceptors (Lipinski definition) is 5. The van der Waals surface area contributed by atoms with Gasteiger partial charge in [0.2, 0.25) is 0 Å². The van der Waals surface area contributed by atoms with E-state index in [1.54, 1.807) is 0 Å². The summed E-state index contributed by atoms with van der Waals surface area (Å²) in [7, 11) is 0. The number of unbranched alkanes of at least 4 members (excludes halogenated alkanes) is 3. The van der Waals surface area contributed by atoms with Gasteiger partial charge in [-0.05, 0) is 79.9 Å². The Morgan fingerprint density at radius 3 is 2.44 bits per heavy atom. The highest BCUT2D eigenvalue weighted by Crippen LogP contribution is 2.48. The van der Waals surface area contributed by atoms with Crippen molar-refractivity contribution in [1.29, 1.82) is 0 Å². The van der Waals surface area contributed by atoms with Crippen LogP contribution in [0.4, 0.5) is 0 Å². The van der Waals surface area contributed by atoms with Crippen LogP contribution in [0, 0.1) is 17.8 Å². The lowest BCUT2D eigenvalue weighted by Crippen LogP contribution is -2.28. The third-order valence-corrected chi connectivity index (χ3v) is 7.43. The van der Waals surface area contributed by atoms with E-state index in [-0.39, 0.29) is 30.7 Å². The van der Waals surface area contributed by atoms with Crippen molar-refractivity contribution < 1.29 is 24.5 Å². The van der Waals surface area contributed by atoms with E-state index in [2.05, 4.69) is 19.9 Å². The predicted molar refractivity (Wildman–Crippen MR) is 148 cm³/mol. The zero-order valence-corrected chi connectivity index (χ0v) is 23.9. The SMILES string of the molecule is CC.CC.CCCCCC(O)CCC1C2Cc3cccc(OCC(=O)OCCCC)c3CC2C[C@H]1O. The Hall–Kier alpha value is -1.59. The summed E-state index contributed by atoms with van der Waals surface area (Å²) in [6, 6.07) is 6.09. The van der Waals surface area contributed by atoms with Crippen molar-refractivity contribution in [3.63, 3.8) is 0 Å². The Balaban J connectivity index is 0.00000154. The number of carbonyl (C=O) groups excluding carboxylic acids is 1. The summed E-state index contributed by atoms with van der Waals surface area (Å²) in [5.74, 6) is 1.60. The van der Waals surface area contributed by atoms with Crippen LogP contribution >= 0.6 is 0 Å². The van der Waals surface area contributed by atoms with Gasteiger partial charge in [-0.1, -0.05) is 79.4 Å². The molecule has 0 aliphatic heterocycles. The van der Waals surface area contributed by atoms with E-state index in [1.165, 1.54) is 24.0 Å². The van der Waals surface area contributed by atoms with Crippen LogP contribution in [0.3, 0.4) is 0 Å². The van der Waals surface area contributed by atoms with Crippen molar-refractivity contribution in [1.82, 2.24) is 0 Å². The Bertz CT molecular complexity index is 719. The van der Waals surface area contributed by atoms with E-state index < -0.39 is 0 Å². The molecule has 2 N–H and O–H groups in total. The Kier molecular flexibility index (Phi) is 16.8. The van der Waals surface area contributed by atoms with Gasteiger partial charge in [-0.2, -0.15) is 0 Å². The van der Waals surface area contributed by atoms with Crippen LogP contribution in [0.15, 0.2) is 18.2 Å². The first-order valence-electron chi connectivity index (χ1n) is 14.8. The van der Waals surface area contributed by atoms with Crippen molar-refractivity contribution in [3.05, 3.63) is 29.3 Å². The van der Waals surface area contributed by atoms with E-state index in [1.807, 2.05) is 39.8 Å². The minimum absolute atomic E-state index is 0.0601. The van der Waals surface area contributed by atoms with Crippen molar-refractivity contribution in [2.75, 3.05) is 13.2 Å². The summed E-state index contributed by atoms with van der Waals surface area (Å²) >= 11 is 0. The lowest BCUT2D eigenvalue weighted by Gasteiger charge is -2.32. The van der Waals surface area contributed by atoms with Gasteiger partial charge in [0.25, 0.3) is 0 Å². The van der Waals surface area contributed by atoms with Gasteiger partial charge in [0.05, 0.1) is 18.8 Å². The van der Waals surface area contributed by atoms with Crippen molar-refractivity contribution >= 4 is 5.97 Å². The molecular weight excluding hydrogens is 452 g/mol. The number of hydrogen-bond donors (Lipinski definition) is 2. The molecule has 0 aromatic heterocycles. The molecule has 5 atom stereocenters. The monoisotopic (exact) mass is 506 g/mol. The Morgan fingerprint density at radius 1 is 1.03 bits per heavy atom. The van der Waals surface area contributed by atoms with Gasteiger partial charge in [-0.25, -0.2) is 4.79 Å². The van der Waals surface area contributed by atoms with Crippen molar-refractivity contribution in [3.8, 4) is 5.75 Å². The summed E-state index contributed by atoms with van der Waals surface area (Å²) in [6.45, 7) is 12.6. The molecule has 1 aromatic rings. The van der Waals surface area contributed by atoms with E-state index in [0.717, 1.165) is 63.5 Å². The molecule has 1 fully saturated rings. The second kappa shape index (κ2) is 18.6. The van der Waals surface area contributed by atoms with Gasteiger partial charge < -0.3 is 19.7 Å². The normalized spacial score (nSPS) is 22.7. The molecule has 5 nitrogen and oxygen atoms in total. The molecule has 1 saturated carbocycles. The molecule has 0 spiro atoms. The maximum Gasteiger partial charge on any atom is 0.344 e. The summed E-state index contributed by atoms with van der Waals surface area (Å²) in [5.41, 5.74) is 2.45. The van der Waals surface area contributed by atoms with Crippen molar-refractivity contribution in [2.45, 2.75) is 124 Å². The highest BCUT2D eigenvalue weighted by atomic mass is 16.6. The number of ether oxygens (including phenoxy) is 2. The molecule has 2 aliphatic rings. The molecule has 0 bridgehead atoms. The number of rotatable bonds is 13. The zero-order chi connectivity index (χ0) is 26.9. The van der Waals surface area contributed by atoms with Gasteiger partial charge in [0.15, 0.2) is 6.61 Å². The Morgan fingerprint density at radius 2 is 1.75 bits per heavy atom. The molecule has 36 heavy (non-hydrogen) atoms. The Labute approximate surface area is 221 Å². The van der Waals surface area contributed by atoms with E-state index in [0.29, 0.717) is 18.4 Å². The van der Waals surface area contributed by atoms with Crippen LogP contribution in [0.1, 0.15) is 110 Å². The average Bonchev–Trinajstić information content (AvgIpc) is 3.21. The summed E-state index contributed by atoms with van der Waals surface area (Å²) in [4.78, 5) is 11.9. The minimum atomic E-state index is -0.321. The van der Waals surface area contributed by atoms with E-state index in [9.17, 15) is 15.0 Å². The smallest absolute Gasteiger partial charge is 0.344 e. The first kappa shape index (κ1) is 32.4. The van der Waals surface area contributed by atoms with Gasteiger partial charge in [-0.3, -0.25) is 0 Å². The van der Waals surface area contributed by atoms with E-state index >= 15 is 0 Å². The van der Waals surface area contributed by atoms with Crippen LogP contribution < -0.4 is 4.74 Å². The highest BCUT2D eigenvalue weighted by Gasteiger charge is 2.44. The summed E-state index contributed by atoms with van der Waals surface area (Å²) in [5, 5.41) is 21.1. The molecule has 5 heteroatoms. The predicted octanol–water partition coefficient (Wildman–Crippen LogP) is 6.89. The highest BCUT2D eigenvalue weighted by molar-refractivity contribution is 5.71. The van der Waals surface area contributed by atoms with Gasteiger partial charge >= 0.3 is 5.97 Å². The lowest BCUT2D eigenvalue weighted by molar-refractivity contribution is -0.146. The fourth-order valence-corrected chi connectivity index (χ4v) is 5.61. The van der Waals surface area contributed by atoms with Gasteiger partial charge in [0.1, 0.15) is 5.75 Å². The third-order valence-electron chi connectivity index (χ3n) is 7.43. The van der Waals surface area contributed by atoms with Crippen LogP contribution in [0.25, 0.3) is 0 Å². The maximum atomic E-state index is 11.9. The van der Waals surface area contributed by atoms with Crippen LogP contribution in [-0.2, 0) is 22.4 Å². The quantitative estimate of drug-likeness (QED) is 0.225. The molecule has 4 unspecified atom stereocenters. The standard InChI is InChI=1S/C27H42O5.2C2H6/c1-3-5-7-10-21(28)12-13-22-23-15-19-9-8-11-26(24(19)16-20(23)17-25(22)29)32-18-27(30)31-14-6-4-2;2*1-2/h8-9,11,20-23,25,28-29H,3-7,10,12-18H2,1-2H3;2*1-2H3/t20?,21?,22?,23?,25-;;/m1../s1. The molecule has 0 radical (unpaired) electrons. The topological polar surface area (TPSA) is 76.0 Å². The summed E-state index contributed by atoms with van der Waals surface area (Å²) < 4.78 is 11.1. The molecule has 0 amide bonds. The molecule has 0 heterocycles. The molecule has 1 aromatic carbocycles. The van der Waals surface area contributed by atoms with Crippen LogP contribution in [-0.4, -0.2) is 41.6 Å². The fourth-order valence-electron chi connectivity index (χ4n) is 5.61. The molecule has 208 valence electrons.